The fourth-order valence-corrected chi connectivity index (χ4v) is 3.95. The minimum absolute atomic E-state index is 0.305. The molecule has 4 nitrogen and oxygen atoms in total. The standard InChI is InChI=1S/C27H40N2O2/c1-3-5-7-9-10-12-14-25(27(30)31)19-22-15-17-24(18-16-22)26-28-20-23(21-29-26)13-11-8-6-4-2/h15-18,20-21,25H,3-14,19H2,1-2H3,(H,30,31). The zero-order valence-corrected chi connectivity index (χ0v) is 19.5. The number of unbranched alkanes of at least 4 members (excludes halogenated alkanes) is 8. The van der Waals surface area contributed by atoms with Crippen molar-refractivity contribution in [3.05, 3.63) is 47.8 Å². The van der Waals surface area contributed by atoms with Crippen molar-refractivity contribution in [2.75, 3.05) is 0 Å². The van der Waals surface area contributed by atoms with E-state index in [0.29, 0.717) is 6.42 Å². The van der Waals surface area contributed by atoms with Crippen LogP contribution in [0.25, 0.3) is 11.4 Å². The predicted molar refractivity (Wildman–Crippen MR) is 128 cm³/mol. The van der Waals surface area contributed by atoms with Crippen molar-refractivity contribution in [2.45, 2.75) is 97.3 Å². The van der Waals surface area contributed by atoms with Crippen LogP contribution in [0.15, 0.2) is 36.7 Å². The fourth-order valence-electron chi connectivity index (χ4n) is 3.95. The van der Waals surface area contributed by atoms with Crippen LogP contribution >= 0.6 is 0 Å². The summed E-state index contributed by atoms with van der Waals surface area (Å²) in [6, 6.07) is 8.06. The van der Waals surface area contributed by atoms with E-state index >= 15 is 0 Å². The Kier molecular flexibility index (Phi) is 11.9. The van der Waals surface area contributed by atoms with E-state index < -0.39 is 5.97 Å². The van der Waals surface area contributed by atoms with Crippen molar-refractivity contribution < 1.29 is 9.90 Å². The molecule has 1 aromatic carbocycles. The Labute approximate surface area is 188 Å². The second kappa shape index (κ2) is 14.7. The lowest BCUT2D eigenvalue weighted by molar-refractivity contribution is -0.142. The number of carboxylic acid groups (broad SMARTS) is 1. The highest BCUT2D eigenvalue weighted by atomic mass is 16.4. The lowest BCUT2D eigenvalue weighted by Gasteiger charge is -2.13. The Morgan fingerprint density at radius 1 is 0.806 bits per heavy atom. The van der Waals surface area contributed by atoms with Crippen molar-refractivity contribution in [2.24, 2.45) is 5.92 Å². The summed E-state index contributed by atoms with van der Waals surface area (Å²) in [6.07, 6.45) is 18.3. The zero-order chi connectivity index (χ0) is 22.3. The van der Waals surface area contributed by atoms with E-state index in [-0.39, 0.29) is 5.92 Å². The van der Waals surface area contributed by atoms with Crippen molar-refractivity contribution in [1.82, 2.24) is 9.97 Å². The average molecular weight is 425 g/mol. The van der Waals surface area contributed by atoms with Crippen LogP contribution in [0, 0.1) is 5.92 Å². The van der Waals surface area contributed by atoms with Gasteiger partial charge in [-0.1, -0.05) is 95.9 Å². The van der Waals surface area contributed by atoms with E-state index in [1.165, 1.54) is 56.9 Å². The van der Waals surface area contributed by atoms with E-state index in [4.69, 9.17) is 0 Å². The number of hydrogen-bond donors (Lipinski definition) is 1. The maximum absolute atomic E-state index is 11.7. The minimum Gasteiger partial charge on any atom is -0.481 e. The molecule has 2 rings (SSSR count). The Morgan fingerprint density at radius 2 is 1.39 bits per heavy atom. The van der Waals surface area contributed by atoms with Gasteiger partial charge in [0, 0.05) is 18.0 Å². The fraction of sp³-hybridized carbons (Fsp3) is 0.593. The smallest absolute Gasteiger partial charge is 0.306 e. The Bertz CT molecular complexity index is 741. The molecule has 0 spiro atoms. The van der Waals surface area contributed by atoms with Crippen LogP contribution < -0.4 is 0 Å². The highest BCUT2D eigenvalue weighted by molar-refractivity contribution is 5.70. The molecule has 31 heavy (non-hydrogen) atoms. The molecule has 1 aromatic heterocycles. The maximum atomic E-state index is 11.7. The van der Waals surface area contributed by atoms with Crippen LogP contribution in [-0.4, -0.2) is 21.0 Å². The van der Waals surface area contributed by atoms with Gasteiger partial charge in [0.1, 0.15) is 0 Å². The summed E-state index contributed by atoms with van der Waals surface area (Å²) in [5.74, 6) is -0.263. The maximum Gasteiger partial charge on any atom is 0.306 e. The molecule has 1 atom stereocenters. The topological polar surface area (TPSA) is 63.1 Å². The second-order valence-electron chi connectivity index (χ2n) is 8.72. The molecule has 1 unspecified atom stereocenters. The molecule has 0 bridgehead atoms. The van der Waals surface area contributed by atoms with Crippen LogP contribution in [0.4, 0.5) is 0 Å². The van der Waals surface area contributed by atoms with Gasteiger partial charge < -0.3 is 5.11 Å². The first kappa shape index (κ1) is 25.0. The quantitative estimate of drug-likeness (QED) is 0.288. The number of aromatic nitrogens is 2. The van der Waals surface area contributed by atoms with E-state index in [1.54, 1.807) is 0 Å². The molecule has 0 saturated heterocycles. The van der Waals surface area contributed by atoms with Gasteiger partial charge in [-0.25, -0.2) is 9.97 Å². The van der Waals surface area contributed by atoms with Gasteiger partial charge in [0.2, 0.25) is 0 Å². The molecule has 2 aromatic rings. The van der Waals surface area contributed by atoms with E-state index in [2.05, 4.69) is 23.8 Å². The lowest BCUT2D eigenvalue weighted by Crippen LogP contribution is -2.16. The highest BCUT2D eigenvalue weighted by Gasteiger charge is 2.17. The van der Waals surface area contributed by atoms with Crippen LogP contribution in [0.5, 0.6) is 0 Å². The third-order valence-corrected chi connectivity index (χ3v) is 5.97. The van der Waals surface area contributed by atoms with Crippen LogP contribution in [0.2, 0.25) is 0 Å². The molecule has 1 heterocycles. The third-order valence-electron chi connectivity index (χ3n) is 5.97. The molecule has 1 N–H and O–H groups in total. The number of nitrogens with zero attached hydrogens (tertiary/aromatic N) is 2. The summed E-state index contributed by atoms with van der Waals surface area (Å²) >= 11 is 0. The molecule has 0 aliphatic rings. The van der Waals surface area contributed by atoms with Gasteiger partial charge in [-0.05, 0) is 36.8 Å². The van der Waals surface area contributed by atoms with E-state index in [0.717, 1.165) is 42.6 Å². The van der Waals surface area contributed by atoms with Gasteiger partial charge in [0.25, 0.3) is 0 Å². The molecule has 0 fully saturated rings. The predicted octanol–water partition coefficient (Wildman–Crippen LogP) is 7.26. The van der Waals surface area contributed by atoms with Crippen LogP contribution in [0.3, 0.4) is 0 Å². The summed E-state index contributed by atoms with van der Waals surface area (Å²) in [5, 5.41) is 9.61. The first-order valence-corrected chi connectivity index (χ1v) is 12.3. The molecule has 170 valence electrons. The van der Waals surface area contributed by atoms with Crippen molar-refractivity contribution in [1.29, 1.82) is 0 Å². The van der Waals surface area contributed by atoms with Gasteiger partial charge >= 0.3 is 5.97 Å². The largest absolute Gasteiger partial charge is 0.481 e. The van der Waals surface area contributed by atoms with Crippen molar-refractivity contribution in [3.63, 3.8) is 0 Å². The highest BCUT2D eigenvalue weighted by Crippen LogP contribution is 2.21. The Morgan fingerprint density at radius 3 is 2.00 bits per heavy atom. The lowest BCUT2D eigenvalue weighted by atomic mass is 9.93. The number of rotatable bonds is 16. The summed E-state index contributed by atoms with van der Waals surface area (Å²) in [5.41, 5.74) is 3.23. The molecular formula is C27H40N2O2. The number of hydrogen-bond acceptors (Lipinski definition) is 3. The summed E-state index contributed by atoms with van der Waals surface area (Å²) < 4.78 is 0. The number of aliphatic carboxylic acids is 1. The number of carbonyl (C=O) groups is 1. The monoisotopic (exact) mass is 424 g/mol. The van der Waals surface area contributed by atoms with Crippen molar-refractivity contribution >= 4 is 5.97 Å². The Hall–Kier alpha value is -2.23. The van der Waals surface area contributed by atoms with Crippen LogP contribution in [0.1, 0.15) is 95.6 Å². The number of aryl methyl sites for hydroxylation is 1. The molecule has 0 saturated carbocycles. The molecule has 0 amide bonds. The molecule has 0 aliphatic carbocycles. The van der Waals surface area contributed by atoms with Gasteiger partial charge in [-0.3, -0.25) is 4.79 Å². The summed E-state index contributed by atoms with van der Waals surface area (Å²) in [4.78, 5) is 20.7. The third kappa shape index (κ3) is 9.63. The average Bonchev–Trinajstić information content (AvgIpc) is 2.79. The normalized spacial score (nSPS) is 12.1. The van der Waals surface area contributed by atoms with Crippen LogP contribution in [-0.2, 0) is 17.6 Å². The first-order chi connectivity index (χ1) is 15.1. The first-order valence-electron chi connectivity index (χ1n) is 12.3. The van der Waals surface area contributed by atoms with Crippen molar-refractivity contribution in [3.8, 4) is 11.4 Å². The number of carboxylic acids is 1. The van der Waals surface area contributed by atoms with Gasteiger partial charge in [-0.2, -0.15) is 0 Å². The zero-order valence-electron chi connectivity index (χ0n) is 19.5. The van der Waals surface area contributed by atoms with Gasteiger partial charge in [0.15, 0.2) is 5.82 Å². The minimum atomic E-state index is -0.685. The van der Waals surface area contributed by atoms with E-state index in [1.807, 2.05) is 36.7 Å². The van der Waals surface area contributed by atoms with E-state index in [9.17, 15) is 9.90 Å². The summed E-state index contributed by atoms with van der Waals surface area (Å²) in [7, 11) is 0. The SMILES string of the molecule is CCCCCCCCC(Cc1ccc(-c2ncc(CCCCCC)cn2)cc1)C(=O)O. The molecule has 4 heteroatoms. The Balaban J connectivity index is 1.84. The van der Waals surface area contributed by atoms with Gasteiger partial charge in [0.05, 0.1) is 5.92 Å². The molecule has 0 radical (unpaired) electrons. The number of benzene rings is 1. The van der Waals surface area contributed by atoms with Gasteiger partial charge in [-0.15, -0.1) is 0 Å². The molecular weight excluding hydrogens is 384 g/mol. The second-order valence-corrected chi connectivity index (χ2v) is 8.72. The molecule has 0 aliphatic heterocycles. The summed E-state index contributed by atoms with van der Waals surface area (Å²) in [6.45, 7) is 4.43.